The van der Waals surface area contributed by atoms with Crippen molar-refractivity contribution < 1.29 is 9.52 Å². The zero-order valence-corrected chi connectivity index (χ0v) is 22.4. The highest BCUT2D eigenvalue weighted by molar-refractivity contribution is 6.28. The van der Waals surface area contributed by atoms with Crippen molar-refractivity contribution in [2.75, 3.05) is 0 Å². The van der Waals surface area contributed by atoms with Gasteiger partial charge in [0.2, 0.25) is 5.89 Å². The standard InChI is InChI=1S/C38H22N2O2/c41-33-20-19-28(31-4-3-21-39-37(31)33)27-16-12-24-13-17-29-26(15-11-23-14-18-30(27)36(24)35(23)29)22-7-9-25(10-8-22)38-40-32-5-1-2-6-34(32)42-38/h1-21,41H. The van der Waals surface area contributed by atoms with E-state index in [2.05, 4.69) is 82.8 Å². The zero-order chi connectivity index (χ0) is 27.8. The van der Waals surface area contributed by atoms with E-state index in [-0.39, 0.29) is 5.75 Å². The highest BCUT2D eigenvalue weighted by Gasteiger charge is 2.17. The van der Waals surface area contributed by atoms with Gasteiger partial charge < -0.3 is 9.52 Å². The Labute approximate surface area is 240 Å². The number of benzene rings is 7. The van der Waals surface area contributed by atoms with E-state index in [4.69, 9.17) is 4.42 Å². The fraction of sp³-hybridized carbons (Fsp3) is 0. The van der Waals surface area contributed by atoms with Crippen LogP contribution in [0.5, 0.6) is 5.75 Å². The minimum atomic E-state index is 0.193. The molecule has 9 aromatic rings. The Kier molecular flexibility index (Phi) is 4.73. The molecule has 7 aromatic carbocycles. The number of aromatic hydroxyl groups is 1. The maximum absolute atomic E-state index is 10.5. The number of aromatic nitrogens is 2. The van der Waals surface area contributed by atoms with Crippen molar-refractivity contribution in [3.05, 3.63) is 128 Å². The maximum atomic E-state index is 10.5. The fourth-order valence-electron chi connectivity index (χ4n) is 6.47. The van der Waals surface area contributed by atoms with Gasteiger partial charge in [-0.2, -0.15) is 0 Å². The number of para-hydroxylation sites is 2. The van der Waals surface area contributed by atoms with E-state index in [0.29, 0.717) is 11.4 Å². The van der Waals surface area contributed by atoms with Crippen molar-refractivity contribution in [2.45, 2.75) is 0 Å². The van der Waals surface area contributed by atoms with Gasteiger partial charge in [0.25, 0.3) is 0 Å². The molecule has 0 fully saturated rings. The molecule has 0 radical (unpaired) electrons. The number of nitrogens with zero attached hydrogens (tertiary/aromatic N) is 2. The average molecular weight is 539 g/mol. The molecular weight excluding hydrogens is 516 g/mol. The largest absolute Gasteiger partial charge is 0.506 e. The fourth-order valence-corrected chi connectivity index (χ4v) is 6.47. The second-order valence-electron chi connectivity index (χ2n) is 10.7. The molecule has 0 amide bonds. The molecule has 9 rings (SSSR count). The zero-order valence-electron chi connectivity index (χ0n) is 22.4. The van der Waals surface area contributed by atoms with Crippen LogP contribution in [-0.2, 0) is 0 Å². The summed E-state index contributed by atoms with van der Waals surface area (Å²) in [4.78, 5) is 9.11. The van der Waals surface area contributed by atoms with Gasteiger partial charge in [0.1, 0.15) is 16.8 Å². The molecule has 0 bridgehead atoms. The van der Waals surface area contributed by atoms with Gasteiger partial charge in [-0.25, -0.2) is 4.98 Å². The summed E-state index contributed by atoms with van der Waals surface area (Å²) in [5.41, 5.74) is 7.73. The molecule has 0 saturated heterocycles. The van der Waals surface area contributed by atoms with E-state index < -0.39 is 0 Å². The van der Waals surface area contributed by atoms with Crippen LogP contribution in [0.25, 0.3) is 88.0 Å². The van der Waals surface area contributed by atoms with Crippen LogP contribution in [0, 0.1) is 0 Å². The van der Waals surface area contributed by atoms with Crippen LogP contribution in [-0.4, -0.2) is 15.1 Å². The Balaban J connectivity index is 1.23. The van der Waals surface area contributed by atoms with E-state index in [1.165, 1.54) is 37.9 Å². The van der Waals surface area contributed by atoms with E-state index in [0.717, 1.165) is 38.7 Å². The molecule has 0 unspecified atom stereocenters. The number of hydrogen-bond donors (Lipinski definition) is 1. The lowest BCUT2D eigenvalue weighted by Gasteiger charge is -2.17. The number of oxazole rings is 1. The van der Waals surface area contributed by atoms with Gasteiger partial charge >= 0.3 is 0 Å². The first-order valence-electron chi connectivity index (χ1n) is 14.0. The summed E-state index contributed by atoms with van der Waals surface area (Å²) in [6.45, 7) is 0. The molecule has 0 spiro atoms. The van der Waals surface area contributed by atoms with Gasteiger partial charge in [0, 0.05) is 17.1 Å². The first-order chi connectivity index (χ1) is 20.7. The Hall–Kier alpha value is -5.74. The molecule has 4 nitrogen and oxygen atoms in total. The quantitative estimate of drug-likeness (QED) is 0.227. The first-order valence-corrected chi connectivity index (χ1v) is 14.0. The molecule has 196 valence electrons. The molecule has 0 saturated carbocycles. The van der Waals surface area contributed by atoms with E-state index in [1.54, 1.807) is 12.3 Å². The van der Waals surface area contributed by atoms with E-state index >= 15 is 0 Å². The Morgan fingerprint density at radius 1 is 0.524 bits per heavy atom. The van der Waals surface area contributed by atoms with Crippen LogP contribution in [0.3, 0.4) is 0 Å². The molecule has 0 aliphatic heterocycles. The summed E-state index contributed by atoms with van der Waals surface area (Å²) < 4.78 is 6.00. The third-order valence-corrected chi connectivity index (χ3v) is 8.44. The molecular formula is C38H22N2O2. The third kappa shape index (κ3) is 3.29. The number of hydrogen-bond acceptors (Lipinski definition) is 4. The highest BCUT2D eigenvalue weighted by atomic mass is 16.3. The van der Waals surface area contributed by atoms with Gasteiger partial charge in [-0.1, -0.05) is 78.9 Å². The summed E-state index contributed by atoms with van der Waals surface area (Å²) in [7, 11) is 0. The smallest absolute Gasteiger partial charge is 0.227 e. The molecule has 4 heteroatoms. The van der Waals surface area contributed by atoms with Crippen LogP contribution in [0.4, 0.5) is 0 Å². The van der Waals surface area contributed by atoms with Crippen LogP contribution in [0.2, 0.25) is 0 Å². The third-order valence-electron chi connectivity index (χ3n) is 8.44. The molecule has 0 atom stereocenters. The predicted octanol–water partition coefficient (Wildman–Crippen LogP) is 9.98. The summed E-state index contributed by atoms with van der Waals surface area (Å²) in [6, 6.07) is 41.7. The molecule has 0 aliphatic carbocycles. The second kappa shape index (κ2) is 8.63. The maximum Gasteiger partial charge on any atom is 0.227 e. The van der Waals surface area contributed by atoms with Crippen LogP contribution in [0.1, 0.15) is 0 Å². The lowest BCUT2D eigenvalue weighted by molar-refractivity contribution is 0.480. The molecule has 2 heterocycles. The second-order valence-corrected chi connectivity index (χ2v) is 10.7. The summed E-state index contributed by atoms with van der Waals surface area (Å²) in [6.07, 6.45) is 1.72. The average Bonchev–Trinajstić information content (AvgIpc) is 3.49. The number of phenols is 1. The minimum absolute atomic E-state index is 0.193. The van der Waals surface area contributed by atoms with Crippen molar-refractivity contribution in [2.24, 2.45) is 0 Å². The highest BCUT2D eigenvalue weighted by Crippen LogP contribution is 2.44. The van der Waals surface area contributed by atoms with E-state index in [9.17, 15) is 5.11 Å². The van der Waals surface area contributed by atoms with Crippen molar-refractivity contribution in [1.29, 1.82) is 0 Å². The molecule has 42 heavy (non-hydrogen) atoms. The van der Waals surface area contributed by atoms with Gasteiger partial charge in [-0.05, 0) is 97.0 Å². The predicted molar refractivity (Wildman–Crippen MR) is 171 cm³/mol. The van der Waals surface area contributed by atoms with Crippen molar-refractivity contribution in [1.82, 2.24) is 9.97 Å². The monoisotopic (exact) mass is 538 g/mol. The van der Waals surface area contributed by atoms with Crippen molar-refractivity contribution in [3.8, 4) is 39.5 Å². The first kappa shape index (κ1) is 23.0. The number of rotatable bonds is 3. The van der Waals surface area contributed by atoms with Crippen molar-refractivity contribution >= 4 is 54.3 Å². The SMILES string of the molecule is Oc1ccc(-c2ccc3ccc4c(-c5ccc(-c6nc7ccccc7o6)cc5)ccc5ccc2c3c54)c2cccnc12. The van der Waals surface area contributed by atoms with Gasteiger partial charge in [0.15, 0.2) is 5.58 Å². The number of fused-ring (bicyclic) bond motifs is 2. The number of phenolic OH excluding ortho intramolecular Hbond substituents is 1. The summed E-state index contributed by atoms with van der Waals surface area (Å²) in [5, 5.41) is 18.7. The Morgan fingerprint density at radius 2 is 1.17 bits per heavy atom. The summed E-state index contributed by atoms with van der Waals surface area (Å²) in [5.74, 6) is 0.821. The summed E-state index contributed by atoms with van der Waals surface area (Å²) >= 11 is 0. The Morgan fingerprint density at radius 3 is 1.95 bits per heavy atom. The lowest BCUT2D eigenvalue weighted by Crippen LogP contribution is -1.90. The topological polar surface area (TPSA) is 59.2 Å². The van der Waals surface area contributed by atoms with Crippen LogP contribution in [0.15, 0.2) is 132 Å². The normalized spacial score (nSPS) is 11.9. The lowest BCUT2D eigenvalue weighted by atomic mass is 9.86. The van der Waals surface area contributed by atoms with Gasteiger partial charge in [-0.3, -0.25) is 4.98 Å². The van der Waals surface area contributed by atoms with Crippen LogP contribution < -0.4 is 0 Å². The Bertz CT molecular complexity index is 2440. The molecule has 0 aliphatic rings. The molecule has 1 N–H and O–H groups in total. The number of pyridine rings is 1. The van der Waals surface area contributed by atoms with Crippen molar-refractivity contribution in [3.63, 3.8) is 0 Å². The van der Waals surface area contributed by atoms with Gasteiger partial charge in [0.05, 0.1) is 0 Å². The minimum Gasteiger partial charge on any atom is -0.506 e. The van der Waals surface area contributed by atoms with Gasteiger partial charge in [-0.15, -0.1) is 0 Å². The van der Waals surface area contributed by atoms with E-state index in [1.807, 2.05) is 42.5 Å². The molecule has 2 aromatic heterocycles. The van der Waals surface area contributed by atoms with Crippen LogP contribution >= 0.6 is 0 Å².